The van der Waals surface area contributed by atoms with Crippen molar-refractivity contribution in [3.8, 4) is 0 Å². The molecule has 1 amide bonds. The molecule has 0 saturated carbocycles. The number of carbonyl (C=O) groups is 2. The van der Waals surface area contributed by atoms with Crippen molar-refractivity contribution in [1.29, 1.82) is 0 Å². The molecule has 1 heterocycles. The summed E-state index contributed by atoms with van der Waals surface area (Å²) < 4.78 is 4.72. The molecule has 0 spiro atoms. The lowest BCUT2D eigenvalue weighted by Gasteiger charge is -2.26. The highest BCUT2D eigenvalue weighted by Crippen LogP contribution is 2.17. The van der Waals surface area contributed by atoms with Crippen LogP contribution in [0.5, 0.6) is 0 Å². The Morgan fingerprint density at radius 1 is 1.44 bits per heavy atom. The summed E-state index contributed by atoms with van der Waals surface area (Å²) >= 11 is 0. The van der Waals surface area contributed by atoms with Crippen molar-refractivity contribution in [1.82, 2.24) is 10.2 Å². The van der Waals surface area contributed by atoms with E-state index in [-0.39, 0.29) is 23.3 Å². The number of amides is 1. The van der Waals surface area contributed by atoms with Gasteiger partial charge in [0.15, 0.2) is 0 Å². The summed E-state index contributed by atoms with van der Waals surface area (Å²) in [6.07, 6.45) is 1.67. The maximum atomic E-state index is 11.9. The Hall–Kier alpha value is -1.10. The summed E-state index contributed by atoms with van der Waals surface area (Å²) in [7, 11) is 1.40. The molecule has 18 heavy (non-hydrogen) atoms. The molecule has 1 N–H and O–H groups in total. The fourth-order valence-corrected chi connectivity index (χ4v) is 2.04. The van der Waals surface area contributed by atoms with Gasteiger partial charge in [-0.2, -0.15) is 0 Å². The number of rotatable bonds is 5. The first-order valence-corrected chi connectivity index (χ1v) is 6.49. The zero-order valence-electron chi connectivity index (χ0n) is 11.8. The second kappa shape index (κ2) is 6.18. The first-order chi connectivity index (χ1) is 8.38. The average molecular weight is 256 g/mol. The molecule has 1 aliphatic rings. The van der Waals surface area contributed by atoms with Gasteiger partial charge in [-0.15, -0.1) is 0 Å². The third-order valence-corrected chi connectivity index (χ3v) is 3.54. The van der Waals surface area contributed by atoms with Crippen LogP contribution >= 0.6 is 0 Å². The van der Waals surface area contributed by atoms with E-state index >= 15 is 0 Å². The van der Waals surface area contributed by atoms with Gasteiger partial charge in [0.2, 0.25) is 5.91 Å². The highest BCUT2D eigenvalue weighted by molar-refractivity contribution is 5.79. The van der Waals surface area contributed by atoms with Gasteiger partial charge in [-0.05, 0) is 33.2 Å². The molecule has 0 aliphatic carbocycles. The molecular formula is C13H24N2O3. The molecule has 5 heteroatoms. The van der Waals surface area contributed by atoms with Crippen LogP contribution in [0.15, 0.2) is 0 Å². The third kappa shape index (κ3) is 4.29. The average Bonchev–Trinajstić information content (AvgIpc) is 2.75. The summed E-state index contributed by atoms with van der Waals surface area (Å²) in [5, 5.41) is 2.99. The van der Waals surface area contributed by atoms with Crippen molar-refractivity contribution in [2.24, 2.45) is 5.92 Å². The highest BCUT2D eigenvalue weighted by Gasteiger charge is 2.30. The summed E-state index contributed by atoms with van der Waals surface area (Å²) in [6, 6.07) is 0. The minimum atomic E-state index is -0.174. The molecule has 104 valence electrons. The van der Waals surface area contributed by atoms with E-state index < -0.39 is 0 Å². The Bertz CT molecular complexity index is 315. The Morgan fingerprint density at radius 3 is 2.67 bits per heavy atom. The summed E-state index contributed by atoms with van der Waals surface area (Å²) in [5.41, 5.74) is -0.168. The number of hydrogen-bond donors (Lipinski definition) is 1. The third-order valence-electron chi connectivity index (χ3n) is 3.54. The van der Waals surface area contributed by atoms with Gasteiger partial charge in [0.25, 0.3) is 0 Å². The van der Waals surface area contributed by atoms with Crippen LogP contribution in [-0.2, 0) is 14.3 Å². The Kier molecular flexibility index (Phi) is 5.14. The van der Waals surface area contributed by atoms with Crippen LogP contribution in [0.1, 0.15) is 33.6 Å². The minimum Gasteiger partial charge on any atom is -0.469 e. The van der Waals surface area contributed by atoms with Gasteiger partial charge < -0.3 is 10.1 Å². The lowest BCUT2D eigenvalue weighted by Crippen LogP contribution is -2.47. The second-order valence-corrected chi connectivity index (χ2v) is 5.53. The quantitative estimate of drug-likeness (QED) is 0.739. The van der Waals surface area contributed by atoms with Gasteiger partial charge >= 0.3 is 5.97 Å². The van der Waals surface area contributed by atoms with Crippen molar-refractivity contribution in [3.63, 3.8) is 0 Å². The lowest BCUT2D eigenvalue weighted by molar-refractivity contribution is -0.145. The predicted molar refractivity (Wildman–Crippen MR) is 69.1 cm³/mol. The molecule has 0 aromatic heterocycles. The molecule has 0 bridgehead atoms. The molecular weight excluding hydrogens is 232 g/mol. The molecule has 1 saturated heterocycles. The fraction of sp³-hybridized carbons (Fsp3) is 0.846. The molecule has 1 rings (SSSR count). The van der Waals surface area contributed by atoms with Gasteiger partial charge in [0.1, 0.15) is 0 Å². The number of hydrogen-bond acceptors (Lipinski definition) is 4. The molecule has 1 unspecified atom stereocenters. The second-order valence-electron chi connectivity index (χ2n) is 5.53. The smallest absolute Gasteiger partial charge is 0.310 e. The normalized spacial score (nSPS) is 20.8. The number of likely N-dealkylation sites (tertiary alicyclic amines) is 1. The van der Waals surface area contributed by atoms with Crippen LogP contribution < -0.4 is 5.32 Å². The van der Waals surface area contributed by atoms with Gasteiger partial charge in [0.05, 0.1) is 19.6 Å². The number of esters is 1. The van der Waals surface area contributed by atoms with Gasteiger partial charge in [-0.25, -0.2) is 0 Å². The van der Waals surface area contributed by atoms with Crippen molar-refractivity contribution in [3.05, 3.63) is 0 Å². The number of methoxy groups -OCH3 is 1. The van der Waals surface area contributed by atoms with Crippen LogP contribution in [0.25, 0.3) is 0 Å². The number of ether oxygens (including phenoxy) is 1. The monoisotopic (exact) mass is 256 g/mol. The van der Waals surface area contributed by atoms with Crippen molar-refractivity contribution >= 4 is 11.9 Å². The molecule has 0 radical (unpaired) electrons. The van der Waals surface area contributed by atoms with E-state index in [0.29, 0.717) is 13.1 Å². The Balaban J connectivity index is 2.37. The van der Waals surface area contributed by atoms with Crippen molar-refractivity contribution in [2.75, 3.05) is 26.7 Å². The number of nitrogens with one attached hydrogen (secondary N) is 1. The molecule has 5 nitrogen and oxygen atoms in total. The van der Waals surface area contributed by atoms with Crippen LogP contribution in [0.2, 0.25) is 0 Å². The van der Waals surface area contributed by atoms with E-state index in [1.54, 1.807) is 0 Å². The summed E-state index contributed by atoms with van der Waals surface area (Å²) in [4.78, 5) is 25.2. The Morgan fingerprint density at radius 2 is 2.11 bits per heavy atom. The molecule has 1 aliphatic heterocycles. The van der Waals surface area contributed by atoms with Crippen molar-refractivity contribution < 1.29 is 14.3 Å². The molecule has 1 fully saturated rings. The number of nitrogens with zero attached hydrogens (tertiary/aromatic N) is 1. The van der Waals surface area contributed by atoms with Crippen LogP contribution in [0.4, 0.5) is 0 Å². The minimum absolute atomic E-state index is 0.0207. The van der Waals surface area contributed by atoms with Crippen molar-refractivity contribution in [2.45, 2.75) is 39.2 Å². The van der Waals surface area contributed by atoms with E-state index in [0.717, 1.165) is 19.4 Å². The predicted octanol–water partition coefficient (Wildman–Crippen LogP) is 0.786. The fourth-order valence-electron chi connectivity index (χ4n) is 2.04. The highest BCUT2D eigenvalue weighted by atomic mass is 16.5. The van der Waals surface area contributed by atoms with E-state index in [2.05, 4.69) is 5.32 Å². The molecule has 0 aromatic carbocycles. The standard InChI is InChI=1S/C13H24N2O3/c1-5-13(2,3)14-11(16)9-15-7-6-10(8-15)12(17)18-4/h10H,5-9H2,1-4H3,(H,14,16). The maximum Gasteiger partial charge on any atom is 0.310 e. The maximum absolute atomic E-state index is 11.9. The zero-order chi connectivity index (χ0) is 13.8. The topological polar surface area (TPSA) is 58.6 Å². The summed E-state index contributed by atoms with van der Waals surface area (Å²) in [6.45, 7) is 7.81. The molecule has 0 aromatic rings. The first kappa shape index (κ1) is 15.0. The van der Waals surface area contributed by atoms with E-state index in [1.165, 1.54) is 7.11 Å². The van der Waals surface area contributed by atoms with E-state index in [1.807, 2.05) is 25.7 Å². The first-order valence-electron chi connectivity index (χ1n) is 6.49. The van der Waals surface area contributed by atoms with Gasteiger partial charge in [-0.3, -0.25) is 14.5 Å². The van der Waals surface area contributed by atoms with Crippen LogP contribution in [0, 0.1) is 5.92 Å². The summed E-state index contributed by atoms with van der Waals surface area (Å²) in [5.74, 6) is -0.235. The Labute approximate surface area is 109 Å². The van der Waals surface area contributed by atoms with Gasteiger partial charge in [-0.1, -0.05) is 6.92 Å². The lowest BCUT2D eigenvalue weighted by atomic mass is 10.0. The SMILES string of the molecule is CCC(C)(C)NC(=O)CN1CCC(C(=O)OC)C1. The van der Waals surface area contributed by atoms with Crippen LogP contribution in [0.3, 0.4) is 0 Å². The molecule has 1 atom stereocenters. The van der Waals surface area contributed by atoms with E-state index in [4.69, 9.17) is 4.74 Å². The zero-order valence-corrected chi connectivity index (χ0v) is 11.8. The largest absolute Gasteiger partial charge is 0.469 e. The van der Waals surface area contributed by atoms with Crippen LogP contribution in [-0.4, -0.2) is 49.1 Å². The van der Waals surface area contributed by atoms with E-state index in [9.17, 15) is 9.59 Å². The van der Waals surface area contributed by atoms with Gasteiger partial charge in [0, 0.05) is 12.1 Å². The number of carbonyl (C=O) groups excluding carboxylic acids is 2.